The molecule has 2 aliphatic heterocycles. The summed E-state index contributed by atoms with van der Waals surface area (Å²) in [6, 6.07) is 10.5. The summed E-state index contributed by atoms with van der Waals surface area (Å²) in [7, 11) is 1.44. The Labute approximate surface area is 162 Å². The van der Waals surface area contributed by atoms with Gasteiger partial charge in [0.25, 0.3) is 0 Å². The molecule has 0 aliphatic carbocycles. The average molecular weight is 384 g/mol. The lowest BCUT2D eigenvalue weighted by Crippen LogP contribution is -2.23. The molecule has 0 saturated carbocycles. The first-order valence-electron chi connectivity index (χ1n) is 8.86. The minimum Gasteiger partial charge on any atom is -0.495 e. The molecule has 7 heteroatoms. The Morgan fingerprint density at radius 2 is 1.86 bits per heavy atom. The number of hydrogen-bond donors (Lipinski definition) is 1. The summed E-state index contributed by atoms with van der Waals surface area (Å²) in [4.78, 5) is 12.1. The molecule has 0 amide bonds. The molecule has 7 nitrogen and oxygen atoms in total. The lowest BCUT2D eigenvalue weighted by atomic mass is 9.94. The van der Waals surface area contributed by atoms with E-state index in [0.29, 0.717) is 34.1 Å². The molecule has 146 valence electrons. The number of aliphatic carboxylic acids is 1. The van der Waals surface area contributed by atoms with Crippen LogP contribution in [0.25, 0.3) is 5.76 Å². The molecular formula is C21H20O7. The van der Waals surface area contributed by atoms with Gasteiger partial charge in [-0.25, -0.2) is 4.79 Å². The van der Waals surface area contributed by atoms with Gasteiger partial charge in [-0.05, 0) is 44.2 Å². The largest absolute Gasteiger partial charge is 0.495 e. The molecule has 1 atom stereocenters. The van der Waals surface area contributed by atoms with Crippen molar-refractivity contribution in [2.24, 2.45) is 0 Å². The third-order valence-electron chi connectivity index (χ3n) is 4.45. The van der Waals surface area contributed by atoms with Gasteiger partial charge in [-0.2, -0.15) is 0 Å². The Morgan fingerprint density at radius 3 is 2.57 bits per heavy atom. The van der Waals surface area contributed by atoms with Crippen LogP contribution in [-0.2, 0) is 9.53 Å². The Bertz CT molecular complexity index is 961. The third kappa shape index (κ3) is 3.09. The van der Waals surface area contributed by atoms with Crippen LogP contribution in [0.4, 0.5) is 0 Å². The molecule has 2 aliphatic rings. The lowest BCUT2D eigenvalue weighted by Gasteiger charge is -2.29. The SMILES string of the molecule is COC1=C(C(=O)O)[C@@H](c2ccc3c(c2)OCO3)Oc2ccc(OC(C)C)cc21. The number of fused-ring (bicyclic) bond motifs is 2. The summed E-state index contributed by atoms with van der Waals surface area (Å²) in [5.41, 5.74) is 1.18. The molecule has 0 fully saturated rings. The van der Waals surface area contributed by atoms with Crippen LogP contribution in [0.5, 0.6) is 23.0 Å². The van der Waals surface area contributed by atoms with Crippen LogP contribution < -0.4 is 18.9 Å². The quantitative estimate of drug-likeness (QED) is 0.840. The fourth-order valence-electron chi connectivity index (χ4n) is 3.32. The normalized spacial score (nSPS) is 17.2. The fraction of sp³-hybridized carbons (Fsp3) is 0.286. The zero-order valence-electron chi connectivity index (χ0n) is 15.7. The molecule has 0 unspecified atom stereocenters. The lowest BCUT2D eigenvalue weighted by molar-refractivity contribution is -0.133. The zero-order chi connectivity index (χ0) is 19.8. The first kappa shape index (κ1) is 18.0. The zero-order valence-corrected chi connectivity index (χ0v) is 15.7. The number of carbonyl (C=O) groups is 1. The highest BCUT2D eigenvalue weighted by Gasteiger charge is 2.36. The van der Waals surface area contributed by atoms with E-state index in [1.807, 2.05) is 13.8 Å². The minimum atomic E-state index is -1.12. The third-order valence-corrected chi connectivity index (χ3v) is 4.45. The molecule has 0 aromatic heterocycles. The second kappa shape index (κ2) is 6.99. The van der Waals surface area contributed by atoms with Crippen LogP contribution in [0.2, 0.25) is 0 Å². The van der Waals surface area contributed by atoms with E-state index in [0.717, 1.165) is 0 Å². The first-order chi connectivity index (χ1) is 13.5. The second-order valence-electron chi connectivity index (χ2n) is 6.69. The Balaban J connectivity index is 1.82. The van der Waals surface area contributed by atoms with Crippen LogP contribution in [0, 0.1) is 0 Å². The van der Waals surface area contributed by atoms with Gasteiger partial charge in [0.15, 0.2) is 17.6 Å². The molecular weight excluding hydrogens is 364 g/mol. The average Bonchev–Trinajstić information content (AvgIpc) is 3.13. The fourth-order valence-corrected chi connectivity index (χ4v) is 3.32. The van der Waals surface area contributed by atoms with Gasteiger partial charge in [-0.1, -0.05) is 6.07 Å². The Hall–Kier alpha value is -3.35. The summed E-state index contributed by atoms with van der Waals surface area (Å²) in [5, 5.41) is 9.90. The van der Waals surface area contributed by atoms with Crippen LogP contribution in [0.1, 0.15) is 31.1 Å². The molecule has 0 saturated heterocycles. The predicted octanol–water partition coefficient (Wildman–Crippen LogP) is 3.78. The smallest absolute Gasteiger partial charge is 0.339 e. The predicted molar refractivity (Wildman–Crippen MR) is 99.7 cm³/mol. The van der Waals surface area contributed by atoms with Crippen molar-refractivity contribution >= 4 is 11.7 Å². The summed E-state index contributed by atoms with van der Waals surface area (Å²) in [6.45, 7) is 3.97. The Kier molecular flexibility index (Phi) is 4.50. The van der Waals surface area contributed by atoms with E-state index in [2.05, 4.69) is 0 Å². The van der Waals surface area contributed by atoms with Gasteiger partial charge in [0.1, 0.15) is 22.8 Å². The summed E-state index contributed by atoms with van der Waals surface area (Å²) in [5.74, 6) is 1.41. The molecule has 4 rings (SSSR count). The molecule has 0 radical (unpaired) electrons. The van der Waals surface area contributed by atoms with Crippen molar-refractivity contribution in [2.75, 3.05) is 13.9 Å². The van der Waals surface area contributed by atoms with Crippen molar-refractivity contribution < 1.29 is 33.6 Å². The van der Waals surface area contributed by atoms with Crippen LogP contribution in [-0.4, -0.2) is 31.1 Å². The van der Waals surface area contributed by atoms with E-state index in [4.69, 9.17) is 23.7 Å². The van der Waals surface area contributed by atoms with Crippen molar-refractivity contribution in [3.63, 3.8) is 0 Å². The van der Waals surface area contributed by atoms with Gasteiger partial charge >= 0.3 is 5.97 Å². The van der Waals surface area contributed by atoms with Gasteiger partial charge in [-0.3, -0.25) is 0 Å². The molecule has 28 heavy (non-hydrogen) atoms. The van der Waals surface area contributed by atoms with Gasteiger partial charge in [0.05, 0.1) is 18.8 Å². The number of hydrogen-bond acceptors (Lipinski definition) is 6. The Morgan fingerprint density at radius 1 is 1.11 bits per heavy atom. The summed E-state index contributed by atoms with van der Waals surface area (Å²) < 4.78 is 28.0. The highest BCUT2D eigenvalue weighted by atomic mass is 16.7. The molecule has 0 bridgehead atoms. The number of benzene rings is 2. The van der Waals surface area contributed by atoms with Crippen LogP contribution in [0.15, 0.2) is 42.0 Å². The number of rotatable bonds is 5. The standard InChI is InChI=1S/C21H20O7/c1-11(2)27-13-5-7-15-14(9-13)20(24-3)18(21(22)23)19(28-15)12-4-6-16-17(8-12)26-10-25-16/h4-9,11,19H,10H2,1-3H3,(H,22,23)/t19-/m1/s1. The highest BCUT2D eigenvalue weighted by molar-refractivity contribution is 5.98. The minimum absolute atomic E-state index is 0.00978. The number of methoxy groups -OCH3 is 1. The van der Waals surface area contributed by atoms with Crippen molar-refractivity contribution in [1.29, 1.82) is 0 Å². The van der Waals surface area contributed by atoms with E-state index < -0.39 is 12.1 Å². The van der Waals surface area contributed by atoms with Crippen molar-refractivity contribution in [3.05, 3.63) is 53.1 Å². The number of carboxylic acid groups (broad SMARTS) is 1. The maximum atomic E-state index is 12.1. The molecule has 2 aromatic rings. The maximum absolute atomic E-state index is 12.1. The number of ether oxygens (including phenoxy) is 5. The van der Waals surface area contributed by atoms with Gasteiger partial charge in [0.2, 0.25) is 6.79 Å². The number of carboxylic acids is 1. The van der Waals surface area contributed by atoms with E-state index in [-0.39, 0.29) is 24.2 Å². The van der Waals surface area contributed by atoms with E-state index in [1.54, 1.807) is 36.4 Å². The van der Waals surface area contributed by atoms with E-state index >= 15 is 0 Å². The summed E-state index contributed by atoms with van der Waals surface area (Å²) in [6.07, 6.45) is -0.871. The van der Waals surface area contributed by atoms with E-state index in [9.17, 15) is 9.90 Å². The topological polar surface area (TPSA) is 83.5 Å². The molecule has 0 spiro atoms. The highest BCUT2D eigenvalue weighted by Crippen LogP contribution is 2.45. The van der Waals surface area contributed by atoms with Gasteiger partial charge < -0.3 is 28.8 Å². The van der Waals surface area contributed by atoms with E-state index in [1.165, 1.54) is 7.11 Å². The van der Waals surface area contributed by atoms with Crippen LogP contribution >= 0.6 is 0 Å². The molecule has 2 aromatic carbocycles. The van der Waals surface area contributed by atoms with Crippen molar-refractivity contribution in [2.45, 2.75) is 26.1 Å². The van der Waals surface area contributed by atoms with Crippen LogP contribution in [0.3, 0.4) is 0 Å². The molecule has 2 heterocycles. The first-order valence-corrected chi connectivity index (χ1v) is 8.86. The van der Waals surface area contributed by atoms with Crippen molar-refractivity contribution in [1.82, 2.24) is 0 Å². The monoisotopic (exact) mass is 384 g/mol. The second-order valence-corrected chi connectivity index (χ2v) is 6.69. The van der Waals surface area contributed by atoms with Crippen molar-refractivity contribution in [3.8, 4) is 23.0 Å². The molecule has 1 N–H and O–H groups in total. The van der Waals surface area contributed by atoms with Gasteiger partial charge in [0, 0.05) is 5.56 Å². The summed E-state index contributed by atoms with van der Waals surface area (Å²) >= 11 is 0. The van der Waals surface area contributed by atoms with Gasteiger partial charge in [-0.15, -0.1) is 0 Å². The maximum Gasteiger partial charge on any atom is 0.339 e.